The third-order valence-corrected chi connectivity index (χ3v) is 17.0. The van der Waals surface area contributed by atoms with E-state index in [2.05, 4.69) is 91.1 Å². The fraction of sp³-hybridized carbons (Fsp3) is 0.830. The average molecular weight is 875 g/mol. The Kier molecular flexibility index (Phi) is 36.9. The first kappa shape index (κ1) is 58.8. The molecule has 0 saturated heterocycles. The zero-order chi connectivity index (χ0) is 45.5. The summed E-state index contributed by atoms with van der Waals surface area (Å²) in [6, 6.07) is 0. The van der Waals surface area contributed by atoms with E-state index < -0.39 is 25.6 Å². The molecule has 8 heteroatoms. The molecular weight excluding hydrogens is 777 g/mol. The van der Waals surface area contributed by atoms with Crippen LogP contribution in [0.15, 0.2) is 36.5 Å². The van der Waals surface area contributed by atoms with E-state index in [1.165, 1.54) is 51.4 Å². The lowest BCUT2D eigenvalue weighted by molar-refractivity contribution is -0.159. The van der Waals surface area contributed by atoms with Crippen molar-refractivity contribution in [3.63, 3.8) is 0 Å². The Labute approximate surface area is 378 Å². The Morgan fingerprint density at radius 2 is 0.852 bits per heavy atom. The number of esters is 2. The van der Waals surface area contributed by atoms with E-state index in [9.17, 15) is 19.5 Å². The lowest BCUT2D eigenvalue weighted by Gasteiger charge is -2.41. The van der Waals surface area contributed by atoms with Gasteiger partial charge in [0.05, 0.1) is 11.3 Å². The topological polar surface area (TPSA) is 99.1 Å². The van der Waals surface area contributed by atoms with Gasteiger partial charge >= 0.3 is 17.9 Å². The van der Waals surface area contributed by atoms with Crippen molar-refractivity contribution in [2.24, 2.45) is 11.3 Å². The van der Waals surface area contributed by atoms with Crippen LogP contribution in [0.5, 0.6) is 0 Å². The summed E-state index contributed by atoms with van der Waals surface area (Å²) in [6.07, 6.45) is 43.5. The number of carbonyl (C=O) groups is 3. The third-order valence-electron chi connectivity index (χ3n) is 12.5. The van der Waals surface area contributed by atoms with E-state index in [1.807, 2.05) is 0 Å². The van der Waals surface area contributed by atoms with Crippen molar-refractivity contribution in [2.45, 2.75) is 252 Å². The Balaban J connectivity index is 5.72. The second-order valence-corrected chi connectivity index (χ2v) is 24.4. The number of carboxylic acid groups (broad SMARTS) is 1. The van der Waals surface area contributed by atoms with Crippen molar-refractivity contribution in [3.8, 4) is 0 Å². The highest BCUT2D eigenvalue weighted by Crippen LogP contribution is 2.40. The molecule has 0 bridgehead atoms. The monoisotopic (exact) mass is 875 g/mol. The molecule has 0 aliphatic rings. The van der Waals surface area contributed by atoms with E-state index in [4.69, 9.17) is 13.9 Å². The fourth-order valence-corrected chi connectivity index (χ4v) is 8.20. The van der Waals surface area contributed by atoms with Crippen LogP contribution in [-0.4, -0.2) is 51.2 Å². The van der Waals surface area contributed by atoms with Crippen LogP contribution >= 0.6 is 0 Å². The molecule has 1 N–H and O–H groups in total. The predicted molar refractivity (Wildman–Crippen MR) is 262 cm³/mol. The van der Waals surface area contributed by atoms with Crippen LogP contribution in [-0.2, 0) is 28.3 Å². The number of carbonyl (C=O) groups excluding carboxylic acids is 2. The van der Waals surface area contributed by atoms with Gasteiger partial charge in [-0.05, 0) is 102 Å². The molecular formula is C53H98O7Si. The smallest absolute Gasteiger partial charge is 0.306 e. The standard InChI is InChI=1S/C53H98O7Si/c1-9-12-15-18-21-24-27-30-33-36-39-42-49(54)58-45-53(47-60-61(7,8)52(4,5)6,44-48(51(56)57)41-38-35-32-29-26-23-20-17-14-11-3)46-59-50(55)43-40-37-34-31-28-25-22-19-16-13-10-2/h18-23,48H,9-17,24-47H2,1-8H3,(H,56,57)/b21-18-,22-19-,23-20-. The van der Waals surface area contributed by atoms with E-state index >= 15 is 0 Å². The summed E-state index contributed by atoms with van der Waals surface area (Å²) in [6.45, 7) is 17.6. The predicted octanol–water partition coefficient (Wildman–Crippen LogP) is 16.2. The molecule has 0 aromatic rings. The number of hydrogen-bond donors (Lipinski definition) is 1. The van der Waals surface area contributed by atoms with Crippen molar-refractivity contribution in [3.05, 3.63) is 36.5 Å². The zero-order valence-corrected chi connectivity index (χ0v) is 42.3. The van der Waals surface area contributed by atoms with E-state index in [1.54, 1.807) is 0 Å². The molecule has 61 heavy (non-hydrogen) atoms. The molecule has 356 valence electrons. The zero-order valence-electron chi connectivity index (χ0n) is 41.3. The van der Waals surface area contributed by atoms with Gasteiger partial charge in [0.25, 0.3) is 0 Å². The second-order valence-electron chi connectivity index (χ2n) is 19.6. The molecule has 1 atom stereocenters. The highest BCUT2D eigenvalue weighted by Gasteiger charge is 2.44. The number of carboxylic acids is 1. The Morgan fingerprint density at radius 1 is 0.508 bits per heavy atom. The number of hydrogen-bond acceptors (Lipinski definition) is 6. The molecule has 0 radical (unpaired) electrons. The highest BCUT2D eigenvalue weighted by molar-refractivity contribution is 6.74. The number of allylic oxidation sites excluding steroid dienone is 6. The van der Waals surface area contributed by atoms with Crippen molar-refractivity contribution >= 4 is 26.2 Å². The summed E-state index contributed by atoms with van der Waals surface area (Å²) < 4.78 is 18.9. The van der Waals surface area contributed by atoms with Gasteiger partial charge in [-0.25, -0.2) is 0 Å². The molecule has 0 aliphatic carbocycles. The maximum Gasteiger partial charge on any atom is 0.306 e. The molecule has 0 saturated carbocycles. The van der Waals surface area contributed by atoms with Gasteiger partial charge in [-0.15, -0.1) is 0 Å². The number of aliphatic carboxylic acids is 1. The number of unbranched alkanes of at least 4 members (excludes halogenated alkanes) is 20. The van der Waals surface area contributed by atoms with Crippen molar-refractivity contribution in [2.75, 3.05) is 19.8 Å². The maximum absolute atomic E-state index is 13.3. The fourth-order valence-electron chi connectivity index (χ4n) is 7.10. The van der Waals surface area contributed by atoms with Crippen LogP contribution in [0.4, 0.5) is 0 Å². The van der Waals surface area contributed by atoms with Crippen LogP contribution in [0.1, 0.15) is 234 Å². The Hall–Kier alpha value is -2.19. The van der Waals surface area contributed by atoms with Crippen molar-refractivity contribution in [1.29, 1.82) is 0 Å². The second kappa shape index (κ2) is 38.3. The summed E-state index contributed by atoms with van der Waals surface area (Å²) in [5, 5.41) is 10.5. The summed E-state index contributed by atoms with van der Waals surface area (Å²) in [5.74, 6) is -2.10. The summed E-state index contributed by atoms with van der Waals surface area (Å²) in [5.41, 5.74) is -0.970. The first-order valence-electron chi connectivity index (χ1n) is 25.4. The van der Waals surface area contributed by atoms with Crippen LogP contribution in [0, 0.1) is 11.3 Å². The molecule has 0 fully saturated rings. The number of rotatable bonds is 42. The minimum atomic E-state index is -2.30. The molecule has 0 heterocycles. The minimum Gasteiger partial charge on any atom is -0.481 e. The SMILES string of the molecule is CCCC/C=C\CCCCCCCC(=O)OCC(COC(=O)CCCCCCC/C=C\CCCC)(CO[Si](C)(C)C(C)(C)C)CC(CCCCCC/C=C\CCCC)C(=O)O. The molecule has 0 aromatic carbocycles. The van der Waals surface area contributed by atoms with Gasteiger partial charge in [-0.2, -0.15) is 0 Å². The maximum atomic E-state index is 13.3. The summed E-state index contributed by atoms with van der Waals surface area (Å²) >= 11 is 0. The molecule has 0 aromatic heterocycles. The van der Waals surface area contributed by atoms with E-state index in [-0.39, 0.29) is 43.2 Å². The normalized spacial score (nSPS) is 13.2. The number of ether oxygens (including phenoxy) is 2. The van der Waals surface area contributed by atoms with Gasteiger partial charge in [-0.1, -0.05) is 174 Å². The van der Waals surface area contributed by atoms with Gasteiger partial charge in [0.15, 0.2) is 8.32 Å². The lowest BCUT2D eigenvalue weighted by Crippen LogP contribution is -2.48. The molecule has 7 nitrogen and oxygen atoms in total. The molecule has 0 spiro atoms. The molecule has 1 unspecified atom stereocenters. The van der Waals surface area contributed by atoms with Gasteiger partial charge in [0, 0.05) is 19.4 Å². The van der Waals surface area contributed by atoms with Gasteiger partial charge in [-0.3, -0.25) is 14.4 Å². The minimum absolute atomic E-state index is 0.0286. The van der Waals surface area contributed by atoms with Crippen LogP contribution < -0.4 is 0 Å². The first-order chi connectivity index (χ1) is 29.2. The van der Waals surface area contributed by atoms with Crippen LogP contribution in [0.3, 0.4) is 0 Å². The average Bonchev–Trinajstić information content (AvgIpc) is 3.22. The van der Waals surface area contributed by atoms with Gasteiger partial charge < -0.3 is 19.0 Å². The van der Waals surface area contributed by atoms with Crippen LogP contribution in [0.25, 0.3) is 0 Å². The van der Waals surface area contributed by atoms with Crippen LogP contribution in [0.2, 0.25) is 18.1 Å². The van der Waals surface area contributed by atoms with Crippen molar-refractivity contribution < 1.29 is 33.4 Å². The lowest BCUT2D eigenvalue weighted by atomic mass is 9.79. The first-order valence-corrected chi connectivity index (χ1v) is 28.3. The molecule has 0 aliphatic heterocycles. The summed E-state index contributed by atoms with van der Waals surface area (Å²) in [4.78, 5) is 39.4. The summed E-state index contributed by atoms with van der Waals surface area (Å²) in [7, 11) is -2.30. The Bertz CT molecular complexity index is 1120. The quantitative estimate of drug-likeness (QED) is 0.0282. The van der Waals surface area contributed by atoms with E-state index in [0.717, 1.165) is 116 Å². The van der Waals surface area contributed by atoms with Gasteiger partial charge in [0.2, 0.25) is 0 Å². The highest BCUT2D eigenvalue weighted by atomic mass is 28.4. The third kappa shape index (κ3) is 34.0. The largest absolute Gasteiger partial charge is 0.481 e. The molecule has 0 amide bonds. The molecule has 0 rings (SSSR count). The van der Waals surface area contributed by atoms with Gasteiger partial charge in [0.1, 0.15) is 13.2 Å². The Morgan fingerprint density at radius 3 is 1.21 bits per heavy atom. The van der Waals surface area contributed by atoms with Crippen molar-refractivity contribution in [1.82, 2.24) is 0 Å². The van der Waals surface area contributed by atoms with E-state index in [0.29, 0.717) is 19.3 Å².